The molecule has 0 radical (unpaired) electrons. The van der Waals surface area contributed by atoms with Gasteiger partial charge in [0.2, 0.25) is 0 Å². The number of benzene rings is 2. The van der Waals surface area contributed by atoms with E-state index in [1.54, 1.807) is 23.9 Å². The van der Waals surface area contributed by atoms with Crippen molar-refractivity contribution >= 4 is 41.0 Å². The number of urea groups is 1. The molecule has 0 unspecified atom stereocenters. The third-order valence-electron chi connectivity index (χ3n) is 4.36. The quantitative estimate of drug-likeness (QED) is 0.441. The molecule has 3 rings (SSSR count). The van der Waals surface area contributed by atoms with Crippen LogP contribution in [-0.2, 0) is 12.3 Å². The van der Waals surface area contributed by atoms with Gasteiger partial charge >= 0.3 is 6.03 Å². The van der Waals surface area contributed by atoms with Gasteiger partial charge in [0.15, 0.2) is 11.0 Å². The molecule has 0 atom stereocenters. The monoisotopic (exact) mass is 477 g/mol. The van der Waals surface area contributed by atoms with Gasteiger partial charge in [0.05, 0.1) is 17.3 Å². The van der Waals surface area contributed by atoms with Gasteiger partial charge in [0, 0.05) is 16.3 Å². The first-order valence-electron chi connectivity index (χ1n) is 9.77. The summed E-state index contributed by atoms with van der Waals surface area (Å²) in [5, 5.41) is 16.1. The van der Waals surface area contributed by atoms with Crippen LogP contribution in [0.25, 0.3) is 5.69 Å². The summed E-state index contributed by atoms with van der Waals surface area (Å²) in [5.41, 5.74) is 2.79. The van der Waals surface area contributed by atoms with Crippen LogP contribution < -0.4 is 10.6 Å². The first kappa shape index (κ1) is 23.4. The number of nitrogens with zero attached hydrogens (tertiary/aromatic N) is 3. The van der Waals surface area contributed by atoms with Crippen LogP contribution in [0.3, 0.4) is 0 Å². The molecule has 31 heavy (non-hydrogen) atoms. The predicted octanol–water partition coefficient (Wildman–Crippen LogP) is 5.77. The molecule has 0 aliphatic rings. The lowest BCUT2D eigenvalue weighted by Crippen LogP contribution is -2.46. The first-order chi connectivity index (χ1) is 14.6. The first-order valence-corrected chi connectivity index (χ1v) is 11.5. The van der Waals surface area contributed by atoms with Crippen molar-refractivity contribution in [2.45, 2.75) is 50.7 Å². The highest BCUT2D eigenvalue weighted by Crippen LogP contribution is 2.31. The molecule has 2 N–H and O–H groups in total. The molecule has 0 aliphatic carbocycles. The normalized spacial score (nSPS) is 11.4. The lowest BCUT2D eigenvalue weighted by atomic mass is 10.1. The molecule has 2 amide bonds. The molecule has 9 heteroatoms. The Bertz CT molecular complexity index is 1080. The molecule has 3 aromatic rings. The molecule has 6 nitrogen and oxygen atoms in total. The molecule has 2 aromatic carbocycles. The minimum atomic E-state index is -0.341. The average molecular weight is 478 g/mol. The Morgan fingerprint density at radius 3 is 2.55 bits per heavy atom. The SMILES string of the molecule is Cc1ccccc1CSc1nnc(CNC(=O)NC(C)(C)C)n1-c1ccc(Cl)cc1Cl. The molecule has 0 bridgehead atoms. The van der Waals surface area contributed by atoms with Crippen LogP contribution in [0.2, 0.25) is 10.0 Å². The molecule has 0 fully saturated rings. The number of rotatable bonds is 6. The Balaban J connectivity index is 1.88. The van der Waals surface area contributed by atoms with Gasteiger partial charge in [-0.3, -0.25) is 4.57 Å². The maximum absolute atomic E-state index is 12.2. The molecule has 0 saturated heterocycles. The topological polar surface area (TPSA) is 71.8 Å². The molecule has 1 heterocycles. The van der Waals surface area contributed by atoms with E-state index in [9.17, 15) is 4.79 Å². The number of carbonyl (C=O) groups is 1. The number of thioether (sulfide) groups is 1. The number of aryl methyl sites for hydroxylation is 1. The maximum Gasteiger partial charge on any atom is 0.315 e. The Hall–Kier alpha value is -2.22. The number of halogens is 2. The second-order valence-electron chi connectivity index (χ2n) is 8.10. The summed E-state index contributed by atoms with van der Waals surface area (Å²) in [5.74, 6) is 1.30. The summed E-state index contributed by atoms with van der Waals surface area (Å²) >= 11 is 14.1. The van der Waals surface area contributed by atoms with E-state index < -0.39 is 0 Å². The van der Waals surface area contributed by atoms with E-state index in [-0.39, 0.29) is 18.1 Å². The second kappa shape index (κ2) is 9.94. The van der Waals surface area contributed by atoms with Crippen LogP contribution in [0.1, 0.15) is 37.7 Å². The number of carbonyl (C=O) groups excluding carboxylic acids is 1. The number of hydrogen-bond donors (Lipinski definition) is 2. The average Bonchev–Trinajstić information content (AvgIpc) is 3.07. The van der Waals surface area contributed by atoms with E-state index in [1.807, 2.05) is 43.5 Å². The fraction of sp³-hybridized carbons (Fsp3) is 0.318. The van der Waals surface area contributed by atoms with Crippen molar-refractivity contribution in [2.75, 3.05) is 0 Å². The van der Waals surface area contributed by atoms with E-state index in [4.69, 9.17) is 23.2 Å². The van der Waals surface area contributed by atoms with Crippen LogP contribution in [-0.4, -0.2) is 26.3 Å². The third-order valence-corrected chi connectivity index (χ3v) is 5.88. The van der Waals surface area contributed by atoms with Crippen LogP contribution >= 0.6 is 35.0 Å². The van der Waals surface area contributed by atoms with Gasteiger partial charge < -0.3 is 10.6 Å². The summed E-state index contributed by atoms with van der Waals surface area (Å²) in [6, 6.07) is 13.2. The zero-order valence-corrected chi connectivity index (χ0v) is 20.2. The van der Waals surface area contributed by atoms with Crippen molar-refractivity contribution in [3.05, 3.63) is 69.5 Å². The number of aromatic nitrogens is 3. The summed E-state index contributed by atoms with van der Waals surface area (Å²) in [4.78, 5) is 12.2. The number of amides is 2. The third kappa shape index (κ3) is 6.38. The molecule has 0 saturated carbocycles. The largest absolute Gasteiger partial charge is 0.334 e. The van der Waals surface area contributed by atoms with Crippen molar-refractivity contribution in [3.63, 3.8) is 0 Å². The van der Waals surface area contributed by atoms with Crippen LogP contribution in [0, 0.1) is 6.92 Å². The summed E-state index contributed by atoms with van der Waals surface area (Å²) in [6.45, 7) is 8.04. The molecular formula is C22H25Cl2N5OS. The Labute approximate surface area is 196 Å². The van der Waals surface area contributed by atoms with Gasteiger partial charge in [0.1, 0.15) is 0 Å². The molecule has 1 aromatic heterocycles. The van der Waals surface area contributed by atoms with Crippen LogP contribution in [0.15, 0.2) is 47.6 Å². The van der Waals surface area contributed by atoms with Gasteiger partial charge in [0.25, 0.3) is 0 Å². The number of nitrogens with one attached hydrogen (secondary N) is 2. The predicted molar refractivity (Wildman–Crippen MR) is 127 cm³/mol. The van der Waals surface area contributed by atoms with E-state index in [1.165, 1.54) is 11.1 Å². The van der Waals surface area contributed by atoms with Gasteiger partial charge in [-0.25, -0.2) is 4.79 Å². The number of hydrogen-bond acceptors (Lipinski definition) is 4. The van der Waals surface area contributed by atoms with Gasteiger partial charge in [-0.2, -0.15) is 0 Å². The van der Waals surface area contributed by atoms with Crippen LogP contribution in [0.5, 0.6) is 0 Å². The lowest BCUT2D eigenvalue weighted by molar-refractivity contribution is 0.231. The highest BCUT2D eigenvalue weighted by molar-refractivity contribution is 7.98. The van der Waals surface area contributed by atoms with Crippen molar-refractivity contribution in [1.29, 1.82) is 0 Å². The van der Waals surface area contributed by atoms with E-state index in [0.29, 0.717) is 26.7 Å². The summed E-state index contributed by atoms with van der Waals surface area (Å²) < 4.78 is 1.86. The Morgan fingerprint density at radius 2 is 1.87 bits per heavy atom. The minimum absolute atomic E-state index is 0.193. The van der Waals surface area contributed by atoms with Crippen molar-refractivity contribution < 1.29 is 4.79 Å². The highest BCUT2D eigenvalue weighted by Gasteiger charge is 2.19. The van der Waals surface area contributed by atoms with Gasteiger partial charge in [-0.1, -0.05) is 59.2 Å². The van der Waals surface area contributed by atoms with Gasteiger partial charge in [-0.15, -0.1) is 10.2 Å². The van der Waals surface area contributed by atoms with Crippen LogP contribution in [0.4, 0.5) is 4.79 Å². The second-order valence-corrected chi connectivity index (χ2v) is 9.89. The standard InChI is InChI=1S/C22H25Cl2N5OS/c1-14-7-5-6-8-15(14)13-31-21-28-27-19(12-25-20(30)26-22(2,3)4)29(21)18-10-9-16(23)11-17(18)24/h5-11H,12-13H2,1-4H3,(H2,25,26,30). The molecule has 0 spiro atoms. The zero-order valence-electron chi connectivity index (χ0n) is 17.9. The van der Waals surface area contributed by atoms with Crippen molar-refractivity contribution in [3.8, 4) is 5.69 Å². The zero-order chi connectivity index (χ0) is 22.6. The van der Waals surface area contributed by atoms with Crippen molar-refractivity contribution in [1.82, 2.24) is 25.4 Å². The van der Waals surface area contributed by atoms with E-state index >= 15 is 0 Å². The van der Waals surface area contributed by atoms with E-state index in [2.05, 4.69) is 39.9 Å². The Kier molecular flexibility index (Phi) is 7.51. The Morgan fingerprint density at radius 1 is 1.13 bits per heavy atom. The fourth-order valence-electron chi connectivity index (χ4n) is 2.87. The summed E-state index contributed by atoms with van der Waals surface area (Å²) in [6.07, 6.45) is 0. The summed E-state index contributed by atoms with van der Waals surface area (Å²) in [7, 11) is 0. The van der Waals surface area contributed by atoms with Gasteiger partial charge in [-0.05, 0) is 57.0 Å². The minimum Gasteiger partial charge on any atom is -0.334 e. The lowest BCUT2D eigenvalue weighted by Gasteiger charge is -2.20. The molecular weight excluding hydrogens is 453 g/mol. The van der Waals surface area contributed by atoms with E-state index in [0.717, 1.165) is 5.75 Å². The maximum atomic E-state index is 12.2. The smallest absolute Gasteiger partial charge is 0.315 e. The highest BCUT2D eigenvalue weighted by atomic mass is 35.5. The fourth-order valence-corrected chi connectivity index (χ4v) is 4.40. The molecule has 164 valence electrons. The molecule has 0 aliphatic heterocycles. The van der Waals surface area contributed by atoms with Crippen molar-refractivity contribution in [2.24, 2.45) is 0 Å².